The number of benzene rings is 1. The van der Waals surface area contributed by atoms with Crippen LogP contribution in [-0.2, 0) is 4.79 Å². The van der Waals surface area contributed by atoms with Gasteiger partial charge in [-0.1, -0.05) is 41.4 Å². The van der Waals surface area contributed by atoms with Crippen molar-refractivity contribution < 1.29 is 4.79 Å². The number of hydrogen-bond acceptors (Lipinski definition) is 5. The largest absolute Gasteiger partial charge is 0.357 e. The number of piperidine rings is 1. The number of nitrogens with zero attached hydrogens (tertiary/aromatic N) is 3. The highest BCUT2D eigenvalue weighted by atomic mass is 35.5. The summed E-state index contributed by atoms with van der Waals surface area (Å²) in [7, 11) is 0. The molecule has 0 atom stereocenters. The summed E-state index contributed by atoms with van der Waals surface area (Å²) in [5.74, 6) is 0.953. The van der Waals surface area contributed by atoms with E-state index in [1.54, 1.807) is 6.20 Å². The van der Waals surface area contributed by atoms with Gasteiger partial charge in [0.2, 0.25) is 5.91 Å². The van der Waals surface area contributed by atoms with Gasteiger partial charge in [0.25, 0.3) is 0 Å². The highest BCUT2D eigenvalue weighted by Crippen LogP contribution is 2.27. The lowest BCUT2D eigenvalue weighted by atomic mass is 9.96. The molecule has 1 amide bonds. The number of thiazole rings is 1. The van der Waals surface area contributed by atoms with Crippen LogP contribution >= 0.6 is 22.9 Å². The number of amides is 1. The molecule has 1 fully saturated rings. The van der Waals surface area contributed by atoms with E-state index in [-0.39, 0.29) is 11.8 Å². The Bertz CT molecular complexity index is 947. The molecular formula is C21H21ClN4OS. The van der Waals surface area contributed by atoms with Crippen LogP contribution in [0.2, 0.25) is 5.02 Å². The number of halogens is 1. The molecule has 0 saturated carbocycles. The number of rotatable bonds is 4. The highest BCUT2D eigenvalue weighted by molar-refractivity contribution is 7.14. The number of aromatic nitrogens is 2. The maximum Gasteiger partial charge on any atom is 0.229 e. The van der Waals surface area contributed by atoms with Gasteiger partial charge < -0.3 is 10.2 Å². The number of hydrogen-bond donors (Lipinski definition) is 1. The molecule has 5 nitrogen and oxygen atoms in total. The zero-order valence-corrected chi connectivity index (χ0v) is 17.1. The van der Waals surface area contributed by atoms with Gasteiger partial charge in [-0.2, -0.15) is 0 Å². The Kier molecular flexibility index (Phi) is 5.59. The number of carbonyl (C=O) groups excluding carboxylic acids is 1. The first kappa shape index (κ1) is 18.9. The lowest BCUT2D eigenvalue weighted by Crippen LogP contribution is -2.38. The molecule has 3 heterocycles. The molecule has 4 rings (SSSR count). The molecule has 1 N–H and O–H groups in total. The van der Waals surface area contributed by atoms with Gasteiger partial charge in [0.05, 0.1) is 10.7 Å². The Morgan fingerprint density at radius 1 is 1.18 bits per heavy atom. The SMILES string of the molecule is Cc1ccc(-c2csc(NC(=O)C3CCN(c4ccc(Cl)cn4)CC3)n2)cc1. The normalized spacial score (nSPS) is 14.9. The van der Waals surface area contributed by atoms with Crippen molar-refractivity contribution in [1.82, 2.24) is 9.97 Å². The highest BCUT2D eigenvalue weighted by Gasteiger charge is 2.26. The Balaban J connectivity index is 1.33. The first-order valence-corrected chi connectivity index (χ1v) is 10.5. The minimum absolute atomic E-state index is 0.00437. The van der Waals surface area contributed by atoms with Gasteiger partial charge in [-0.3, -0.25) is 4.79 Å². The smallest absolute Gasteiger partial charge is 0.229 e. The van der Waals surface area contributed by atoms with Crippen LogP contribution in [-0.4, -0.2) is 29.0 Å². The molecule has 0 radical (unpaired) electrons. The second-order valence-electron chi connectivity index (χ2n) is 6.99. The molecule has 1 aliphatic heterocycles. The summed E-state index contributed by atoms with van der Waals surface area (Å²) in [6, 6.07) is 12.0. The minimum atomic E-state index is -0.00437. The van der Waals surface area contributed by atoms with E-state index in [1.165, 1.54) is 16.9 Å². The van der Waals surface area contributed by atoms with E-state index in [0.29, 0.717) is 10.2 Å². The molecule has 3 aromatic rings. The summed E-state index contributed by atoms with van der Waals surface area (Å²) in [6.45, 7) is 3.67. The van der Waals surface area contributed by atoms with Crippen molar-refractivity contribution in [2.24, 2.45) is 5.92 Å². The summed E-state index contributed by atoms with van der Waals surface area (Å²) in [4.78, 5) is 23.8. The van der Waals surface area contributed by atoms with Crippen molar-refractivity contribution in [2.45, 2.75) is 19.8 Å². The molecule has 1 saturated heterocycles. The summed E-state index contributed by atoms with van der Waals surface area (Å²) >= 11 is 7.36. The maximum atomic E-state index is 12.6. The fraction of sp³-hybridized carbons (Fsp3) is 0.286. The first-order chi connectivity index (χ1) is 13.6. The van der Waals surface area contributed by atoms with Gasteiger partial charge in [0.1, 0.15) is 5.82 Å². The molecule has 1 aliphatic rings. The number of pyridine rings is 1. The van der Waals surface area contributed by atoms with E-state index in [9.17, 15) is 4.79 Å². The summed E-state index contributed by atoms with van der Waals surface area (Å²) < 4.78 is 0. The van der Waals surface area contributed by atoms with Crippen LogP contribution in [0, 0.1) is 12.8 Å². The lowest BCUT2D eigenvalue weighted by Gasteiger charge is -2.31. The summed E-state index contributed by atoms with van der Waals surface area (Å²) in [5, 5.41) is 6.26. The van der Waals surface area contributed by atoms with Crippen LogP contribution in [0.15, 0.2) is 48.0 Å². The van der Waals surface area contributed by atoms with E-state index in [4.69, 9.17) is 11.6 Å². The third-order valence-corrected chi connectivity index (χ3v) is 5.96. The molecule has 0 spiro atoms. The number of carbonyl (C=O) groups is 1. The quantitative estimate of drug-likeness (QED) is 0.653. The van der Waals surface area contributed by atoms with Gasteiger partial charge in [-0.15, -0.1) is 11.3 Å². The fourth-order valence-corrected chi connectivity index (χ4v) is 4.16. The lowest BCUT2D eigenvalue weighted by molar-refractivity contribution is -0.120. The van der Waals surface area contributed by atoms with Crippen molar-refractivity contribution in [3.63, 3.8) is 0 Å². The van der Waals surface area contributed by atoms with Crippen molar-refractivity contribution >= 4 is 39.8 Å². The molecule has 1 aromatic carbocycles. The van der Waals surface area contributed by atoms with Crippen molar-refractivity contribution in [3.05, 3.63) is 58.6 Å². The predicted octanol–water partition coefficient (Wildman–Crippen LogP) is 5.02. The zero-order chi connectivity index (χ0) is 19.5. The second kappa shape index (κ2) is 8.29. The number of aryl methyl sites for hydroxylation is 1. The Labute approximate surface area is 173 Å². The molecule has 2 aromatic heterocycles. The van der Waals surface area contributed by atoms with Crippen LogP contribution < -0.4 is 10.2 Å². The van der Waals surface area contributed by atoms with Crippen LogP contribution in [0.25, 0.3) is 11.3 Å². The van der Waals surface area contributed by atoms with Crippen molar-refractivity contribution in [3.8, 4) is 11.3 Å². The van der Waals surface area contributed by atoms with Crippen LogP contribution in [0.4, 0.5) is 10.9 Å². The first-order valence-electron chi connectivity index (χ1n) is 9.28. The minimum Gasteiger partial charge on any atom is -0.357 e. The second-order valence-corrected chi connectivity index (χ2v) is 8.28. The molecule has 144 valence electrons. The van der Waals surface area contributed by atoms with E-state index in [1.807, 2.05) is 17.5 Å². The molecular weight excluding hydrogens is 392 g/mol. The topological polar surface area (TPSA) is 58.1 Å². The van der Waals surface area contributed by atoms with Gasteiger partial charge >= 0.3 is 0 Å². The fourth-order valence-electron chi connectivity index (χ4n) is 3.32. The van der Waals surface area contributed by atoms with Crippen molar-refractivity contribution in [1.29, 1.82) is 0 Å². The molecule has 7 heteroatoms. The molecule has 28 heavy (non-hydrogen) atoms. The van der Waals surface area contributed by atoms with Gasteiger partial charge in [0.15, 0.2) is 5.13 Å². The van der Waals surface area contributed by atoms with E-state index in [0.717, 1.165) is 43.0 Å². The standard InChI is InChI=1S/C21H21ClN4OS/c1-14-2-4-15(5-3-14)18-13-28-21(24-18)25-20(27)16-8-10-26(11-9-16)19-7-6-17(22)12-23-19/h2-7,12-13,16H,8-11H2,1H3,(H,24,25,27). The zero-order valence-electron chi connectivity index (χ0n) is 15.6. The van der Waals surface area contributed by atoms with E-state index in [2.05, 4.69) is 51.4 Å². The van der Waals surface area contributed by atoms with Crippen LogP contribution in [0.5, 0.6) is 0 Å². The van der Waals surface area contributed by atoms with E-state index < -0.39 is 0 Å². The average Bonchev–Trinajstić information content (AvgIpc) is 3.18. The number of anilines is 2. The maximum absolute atomic E-state index is 12.6. The number of nitrogens with one attached hydrogen (secondary N) is 1. The Hall–Kier alpha value is -2.44. The predicted molar refractivity (Wildman–Crippen MR) is 115 cm³/mol. The van der Waals surface area contributed by atoms with E-state index >= 15 is 0 Å². The summed E-state index contributed by atoms with van der Waals surface area (Å²) in [5.41, 5.74) is 3.17. The van der Waals surface area contributed by atoms with Crippen molar-refractivity contribution in [2.75, 3.05) is 23.3 Å². The molecule has 0 bridgehead atoms. The Morgan fingerprint density at radius 2 is 1.93 bits per heavy atom. The molecule has 0 unspecified atom stereocenters. The van der Waals surface area contributed by atoms with Gasteiger partial charge in [0, 0.05) is 36.1 Å². The molecule has 0 aliphatic carbocycles. The monoisotopic (exact) mass is 412 g/mol. The third-order valence-electron chi connectivity index (χ3n) is 4.98. The van der Waals surface area contributed by atoms with Crippen LogP contribution in [0.3, 0.4) is 0 Å². The van der Waals surface area contributed by atoms with Gasteiger partial charge in [-0.25, -0.2) is 9.97 Å². The third kappa shape index (κ3) is 4.34. The van der Waals surface area contributed by atoms with Crippen LogP contribution in [0.1, 0.15) is 18.4 Å². The van der Waals surface area contributed by atoms with Gasteiger partial charge in [-0.05, 0) is 31.9 Å². The average molecular weight is 413 g/mol. The Morgan fingerprint density at radius 3 is 2.61 bits per heavy atom. The summed E-state index contributed by atoms with van der Waals surface area (Å²) in [6.07, 6.45) is 3.25.